The van der Waals surface area contributed by atoms with Crippen LogP contribution in [0.15, 0.2) is 41.9 Å². The van der Waals surface area contributed by atoms with Crippen LogP contribution in [0.2, 0.25) is 18.1 Å². The summed E-state index contributed by atoms with van der Waals surface area (Å²) in [5.41, 5.74) is 1.04. The van der Waals surface area contributed by atoms with Crippen molar-refractivity contribution < 1.29 is 18.7 Å². The fraction of sp³-hybridized carbons (Fsp3) is 0.526. The van der Waals surface area contributed by atoms with Crippen LogP contribution in [0.1, 0.15) is 45.8 Å². The Balaban J connectivity index is 2.28. The van der Waals surface area contributed by atoms with Crippen LogP contribution >= 0.6 is 0 Å². The molecule has 0 radical (unpaired) electrons. The molecule has 1 aromatic rings. The first-order chi connectivity index (χ1) is 11.2. The average Bonchev–Trinajstić information content (AvgIpc) is 2.90. The lowest BCUT2D eigenvalue weighted by Gasteiger charge is -2.36. The minimum Gasteiger partial charge on any atom is -0.544 e. The Bertz CT molecular complexity index is 614. The largest absolute Gasteiger partial charge is 0.544 e. The number of esters is 1. The summed E-state index contributed by atoms with van der Waals surface area (Å²) >= 11 is 0. The second-order valence-electron chi connectivity index (χ2n) is 7.56. The first-order valence-electron chi connectivity index (χ1n) is 8.46. The number of carbonyl (C=O) groups is 1. The van der Waals surface area contributed by atoms with Gasteiger partial charge in [0.05, 0.1) is 6.61 Å². The number of ether oxygens (including phenoxy) is 2. The van der Waals surface area contributed by atoms with Crippen LogP contribution in [0.5, 0.6) is 0 Å². The zero-order valence-electron chi connectivity index (χ0n) is 15.5. The van der Waals surface area contributed by atoms with Crippen LogP contribution in [-0.2, 0) is 18.7 Å². The summed E-state index contributed by atoms with van der Waals surface area (Å²) in [5, 5.41) is 0.0462. The van der Waals surface area contributed by atoms with Gasteiger partial charge in [-0.15, -0.1) is 0 Å². The Kier molecular flexibility index (Phi) is 5.43. The summed E-state index contributed by atoms with van der Waals surface area (Å²) in [6, 6.07) is 9.90. The lowest BCUT2D eigenvalue weighted by atomic mass is 10.1. The van der Waals surface area contributed by atoms with E-state index in [2.05, 4.69) is 33.9 Å². The molecule has 2 rings (SSSR count). The molecule has 4 nitrogen and oxygen atoms in total. The predicted molar refractivity (Wildman–Crippen MR) is 96.8 cm³/mol. The Hall–Kier alpha value is -1.75. The third kappa shape index (κ3) is 4.01. The number of carbonyl (C=O) groups excluding carboxylic acids is 1. The highest BCUT2D eigenvalue weighted by molar-refractivity contribution is 6.74. The summed E-state index contributed by atoms with van der Waals surface area (Å²) in [6.45, 7) is 13.0. The molecule has 0 spiro atoms. The van der Waals surface area contributed by atoms with Crippen molar-refractivity contribution in [1.29, 1.82) is 0 Å². The van der Waals surface area contributed by atoms with E-state index in [0.29, 0.717) is 18.8 Å². The molecule has 0 aliphatic carbocycles. The Labute approximate surface area is 145 Å². The van der Waals surface area contributed by atoms with Crippen molar-refractivity contribution >= 4 is 14.3 Å². The van der Waals surface area contributed by atoms with Crippen molar-refractivity contribution in [3.05, 3.63) is 47.4 Å². The van der Waals surface area contributed by atoms with Crippen molar-refractivity contribution in [3.8, 4) is 0 Å². The highest BCUT2D eigenvalue weighted by atomic mass is 28.4. The summed E-state index contributed by atoms with van der Waals surface area (Å²) in [7, 11) is -2.06. The molecule has 1 unspecified atom stereocenters. The molecule has 0 bridgehead atoms. The molecule has 0 amide bonds. The molecule has 0 saturated carbocycles. The molecule has 1 aromatic carbocycles. The summed E-state index contributed by atoms with van der Waals surface area (Å²) in [5.74, 6) is 0.425. The van der Waals surface area contributed by atoms with Crippen molar-refractivity contribution in [2.75, 3.05) is 6.61 Å². The van der Waals surface area contributed by atoms with E-state index in [1.54, 1.807) is 6.92 Å². The fourth-order valence-electron chi connectivity index (χ4n) is 2.27. The van der Waals surface area contributed by atoms with E-state index in [9.17, 15) is 4.79 Å². The van der Waals surface area contributed by atoms with Crippen molar-refractivity contribution in [3.63, 3.8) is 0 Å². The molecule has 1 atom stereocenters. The molecular formula is C19H28O4Si. The minimum absolute atomic E-state index is 0.0462. The van der Waals surface area contributed by atoms with Crippen LogP contribution in [0.3, 0.4) is 0 Å². The molecule has 24 heavy (non-hydrogen) atoms. The maximum Gasteiger partial charge on any atom is 0.377 e. The van der Waals surface area contributed by atoms with Crippen molar-refractivity contribution in [2.24, 2.45) is 0 Å². The van der Waals surface area contributed by atoms with Crippen molar-refractivity contribution in [1.82, 2.24) is 0 Å². The maximum atomic E-state index is 12.3. The van der Waals surface area contributed by atoms with Crippen LogP contribution in [0, 0.1) is 0 Å². The van der Waals surface area contributed by atoms with E-state index in [0.717, 1.165) is 5.56 Å². The van der Waals surface area contributed by atoms with Gasteiger partial charge in [-0.1, -0.05) is 51.1 Å². The smallest absolute Gasteiger partial charge is 0.377 e. The van der Waals surface area contributed by atoms with E-state index in [1.807, 2.05) is 30.3 Å². The summed E-state index contributed by atoms with van der Waals surface area (Å²) in [4.78, 5) is 12.3. The van der Waals surface area contributed by atoms with E-state index in [-0.39, 0.29) is 16.9 Å². The molecule has 1 heterocycles. The van der Waals surface area contributed by atoms with Gasteiger partial charge in [-0.05, 0) is 30.6 Å². The molecule has 5 heteroatoms. The monoisotopic (exact) mass is 348 g/mol. The van der Waals surface area contributed by atoms with E-state index >= 15 is 0 Å². The minimum atomic E-state index is -2.06. The highest BCUT2D eigenvalue weighted by Crippen LogP contribution is 2.43. The van der Waals surface area contributed by atoms with Gasteiger partial charge in [-0.3, -0.25) is 0 Å². The third-order valence-electron chi connectivity index (χ3n) is 4.70. The van der Waals surface area contributed by atoms with Crippen LogP contribution in [0.4, 0.5) is 0 Å². The SMILES string of the molecule is CCOC(=O)C1=C(O[Si](C)(C)C(C)(C)C)CC(c2ccccc2)O1. The normalized spacial score (nSPS) is 18.3. The van der Waals surface area contributed by atoms with Crippen molar-refractivity contribution in [2.45, 2.75) is 58.4 Å². The van der Waals surface area contributed by atoms with Gasteiger partial charge in [0.15, 0.2) is 0 Å². The topological polar surface area (TPSA) is 44.8 Å². The number of benzene rings is 1. The van der Waals surface area contributed by atoms with Gasteiger partial charge < -0.3 is 13.9 Å². The first-order valence-corrected chi connectivity index (χ1v) is 11.4. The van der Waals surface area contributed by atoms with E-state index in [4.69, 9.17) is 13.9 Å². The Morgan fingerprint density at radius 3 is 2.42 bits per heavy atom. The maximum absolute atomic E-state index is 12.3. The number of hydrogen-bond donors (Lipinski definition) is 0. The molecule has 0 saturated heterocycles. The van der Waals surface area contributed by atoms with Crippen LogP contribution < -0.4 is 0 Å². The molecule has 1 aliphatic rings. The van der Waals surface area contributed by atoms with E-state index in [1.165, 1.54) is 0 Å². The van der Waals surface area contributed by atoms with Gasteiger partial charge in [-0.2, -0.15) is 0 Å². The zero-order valence-corrected chi connectivity index (χ0v) is 16.5. The summed E-state index contributed by atoms with van der Waals surface area (Å²) < 4.78 is 17.5. The van der Waals surface area contributed by atoms with Gasteiger partial charge in [0.1, 0.15) is 11.9 Å². The Morgan fingerprint density at radius 1 is 1.25 bits per heavy atom. The second-order valence-corrected chi connectivity index (χ2v) is 12.3. The van der Waals surface area contributed by atoms with Gasteiger partial charge in [-0.25, -0.2) is 4.79 Å². The second kappa shape index (κ2) is 7.01. The van der Waals surface area contributed by atoms with Gasteiger partial charge in [0.2, 0.25) is 14.1 Å². The Morgan fingerprint density at radius 2 is 1.88 bits per heavy atom. The molecule has 132 valence electrons. The molecule has 0 N–H and O–H groups in total. The fourth-order valence-corrected chi connectivity index (χ4v) is 3.37. The quantitative estimate of drug-likeness (QED) is 0.558. The average molecular weight is 349 g/mol. The number of rotatable bonds is 5. The molecule has 1 aliphatic heterocycles. The van der Waals surface area contributed by atoms with Crippen LogP contribution in [0.25, 0.3) is 0 Å². The molecule has 0 aromatic heterocycles. The summed E-state index contributed by atoms with van der Waals surface area (Å²) in [6.07, 6.45) is 0.357. The predicted octanol–water partition coefficient (Wildman–Crippen LogP) is 4.94. The lowest BCUT2D eigenvalue weighted by Crippen LogP contribution is -2.40. The lowest BCUT2D eigenvalue weighted by molar-refractivity contribution is -0.143. The van der Waals surface area contributed by atoms with Gasteiger partial charge in [0.25, 0.3) is 0 Å². The van der Waals surface area contributed by atoms with Crippen LogP contribution in [-0.4, -0.2) is 20.9 Å². The third-order valence-corrected chi connectivity index (χ3v) is 9.07. The standard InChI is InChI=1S/C19H28O4Si/c1-7-21-18(20)17-16(23-24(5,6)19(2,3)4)13-15(22-17)14-11-9-8-10-12-14/h8-12,15H,7,13H2,1-6H3. The molecule has 0 fully saturated rings. The van der Waals surface area contributed by atoms with Gasteiger partial charge >= 0.3 is 5.97 Å². The molecular weight excluding hydrogens is 320 g/mol. The van der Waals surface area contributed by atoms with Gasteiger partial charge in [0, 0.05) is 6.42 Å². The highest BCUT2D eigenvalue weighted by Gasteiger charge is 2.43. The van der Waals surface area contributed by atoms with E-state index < -0.39 is 14.3 Å². The number of hydrogen-bond acceptors (Lipinski definition) is 4. The first kappa shape index (κ1) is 18.6. The zero-order chi connectivity index (χ0) is 18.0.